The minimum absolute atomic E-state index is 0.0248. The zero-order valence-corrected chi connectivity index (χ0v) is 15.6. The molecule has 0 bridgehead atoms. The number of imidazole rings is 1. The van der Waals surface area contributed by atoms with Crippen molar-refractivity contribution in [3.05, 3.63) is 53.9 Å². The second kappa shape index (κ2) is 7.08. The number of aliphatic hydroxyl groups excluding tert-OH is 1. The van der Waals surface area contributed by atoms with Gasteiger partial charge in [-0.15, -0.1) is 0 Å². The largest absolute Gasteiger partial charge is 0.391 e. The molecule has 0 saturated heterocycles. The van der Waals surface area contributed by atoms with Crippen molar-refractivity contribution in [2.24, 2.45) is 11.3 Å². The van der Waals surface area contributed by atoms with Crippen LogP contribution < -0.4 is 5.32 Å². The lowest BCUT2D eigenvalue weighted by Gasteiger charge is -2.22. The number of amides is 1. The predicted octanol–water partition coefficient (Wildman–Crippen LogP) is 2.61. The summed E-state index contributed by atoms with van der Waals surface area (Å²) < 4.78 is 15.5. The summed E-state index contributed by atoms with van der Waals surface area (Å²) in [6.45, 7) is 2.55. The minimum Gasteiger partial charge on any atom is -0.391 e. The molecule has 3 atom stereocenters. The maximum absolute atomic E-state index is 13.5. The van der Waals surface area contributed by atoms with Crippen molar-refractivity contribution in [1.29, 1.82) is 0 Å². The second-order valence-corrected chi connectivity index (χ2v) is 8.28. The maximum atomic E-state index is 13.5. The number of nitrogens with zero attached hydrogens (tertiary/aromatic N) is 2. The Bertz CT molecular complexity index is 817. The molecule has 2 fully saturated rings. The molecule has 0 spiro atoms. The summed E-state index contributed by atoms with van der Waals surface area (Å²) in [4.78, 5) is 16.9. The number of carbonyl (C=O) groups is 1. The zero-order chi connectivity index (χ0) is 19.0. The van der Waals surface area contributed by atoms with Crippen LogP contribution in [-0.4, -0.2) is 32.7 Å². The first-order valence-electron chi connectivity index (χ1n) is 9.65. The Balaban J connectivity index is 1.36. The van der Waals surface area contributed by atoms with E-state index >= 15 is 0 Å². The predicted molar refractivity (Wildman–Crippen MR) is 99.4 cm³/mol. The molecule has 2 aliphatic rings. The van der Waals surface area contributed by atoms with Crippen molar-refractivity contribution >= 4 is 5.91 Å². The van der Waals surface area contributed by atoms with Crippen molar-refractivity contribution in [3.8, 4) is 0 Å². The van der Waals surface area contributed by atoms with Crippen LogP contribution >= 0.6 is 0 Å². The van der Waals surface area contributed by atoms with Crippen molar-refractivity contribution < 1.29 is 14.3 Å². The molecule has 144 valence electrons. The molecule has 2 aliphatic carbocycles. The van der Waals surface area contributed by atoms with Gasteiger partial charge in [0.1, 0.15) is 5.82 Å². The van der Waals surface area contributed by atoms with Crippen LogP contribution in [0.25, 0.3) is 0 Å². The van der Waals surface area contributed by atoms with Gasteiger partial charge >= 0.3 is 0 Å². The Morgan fingerprint density at radius 3 is 2.89 bits per heavy atom. The van der Waals surface area contributed by atoms with Gasteiger partial charge in [0.25, 0.3) is 0 Å². The van der Waals surface area contributed by atoms with Gasteiger partial charge in [0.05, 0.1) is 23.9 Å². The normalized spacial score (nSPS) is 26.1. The number of benzene rings is 1. The Kier molecular flexibility index (Phi) is 4.76. The Morgan fingerprint density at radius 1 is 1.41 bits per heavy atom. The first-order chi connectivity index (χ1) is 12.9. The van der Waals surface area contributed by atoms with Crippen LogP contribution in [0, 0.1) is 24.1 Å². The molecule has 6 heteroatoms. The van der Waals surface area contributed by atoms with Gasteiger partial charge in [-0.25, -0.2) is 9.37 Å². The van der Waals surface area contributed by atoms with Crippen LogP contribution in [0.4, 0.5) is 4.39 Å². The molecular formula is C21H26FN3O2. The highest BCUT2D eigenvalue weighted by Gasteiger charge is 2.50. The van der Waals surface area contributed by atoms with Crippen molar-refractivity contribution in [3.63, 3.8) is 0 Å². The fourth-order valence-corrected chi connectivity index (χ4v) is 4.28. The lowest BCUT2D eigenvalue weighted by Crippen LogP contribution is -2.44. The summed E-state index contributed by atoms with van der Waals surface area (Å²) in [5.74, 6) is 0.136. The maximum Gasteiger partial charge on any atom is 0.226 e. The highest BCUT2D eigenvalue weighted by molar-refractivity contribution is 5.86. The Labute approximate surface area is 158 Å². The van der Waals surface area contributed by atoms with Gasteiger partial charge < -0.3 is 15.0 Å². The SMILES string of the molecule is Cc1cc(CC2(C(=O)N[C@@H]3CC(Cn4ccnc4)C[C@H]3O)CC2)ccc1F. The highest BCUT2D eigenvalue weighted by Crippen LogP contribution is 2.49. The number of aliphatic hydroxyl groups is 1. The van der Waals surface area contributed by atoms with E-state index < -0.39 is 11.5 Å². The van der Waals surface area contributed by atoms with Crippen LogP contribution in [0.1, 0.15) is 36.8 Å². The molecule has 27 heavy (non-hydrogen) atoms. The molecule has 1 unspecified atom stereocenters. The zero-order valence-electron chi connectivity index (χ0n) is 15.6. The number of hydrogen-bond donors (Lipinski definition) is 2. The van der Waals surface area contributed by atoms with Gasteiger partial charge in [0, 0.05) is 18.9 Å². The number of aromatic nitrogens is 2. The van der Waals surface area contributed by atoms with E-state index in [2.05, 4.69) is 10.3 Å². The van der Waals surface area contributed by atoms with Crippen LogP contribution in [-0.2, 0) is 17.8 Å². The monoisotopic (exact) mass is 371 g/mol. The lowest BCUT2D eigenvalue weighted by molar-refractivity contribution is -0.127. The van der Waals surface area contributed by atoms with E-state index in [-0.39, 0.29) is 17.8 Å². The topological polar surface area (TPSA) is 67.2 Å². The number of rotatable bonds is 6. The van der Waals surface area contributed by atoms with E-state index in [9.17, 15) is 14.3 Å². The molecule has 2 saturated carbocycles. The Morgan fingerprint density at radius 2 is 2.22 bits per heavy atom. The Hall–Kier alpha value is -2.21. The number of nitrogens with one attached hydrogen (secondary N) is 1. The third-order valence-corrected chi connectivity index (χ3v) is 6.07. The third kappa shape index (κ3) is 3.90. The number of carbonyl (C=O) groups excluding carboxylic acids is 1. The average Bonchev–Trinajstić information content (AvgIpc) is 3.07. The first-order valence-corrected chi connectivity index (χ1v) is 9.65. The van der Waals surface area contributed by atoms with E-state index in [1.807, 2.05) is 16.8 Å². The number of hydrogen-bond acceptors (Lipinski definition) is 3. The fraction of sp³-hybridized carbons (Fsp3) is 0.524. The van der Waals surface area contributed by atoms with Gasteiger partial charge in [0.2, 0.25) is 5.91 Å². The van der Waals surface area contributed by atoms with Gasteiger partial charge in [-0.05, 0) is 62.1 Å². The van der Waals surface area contributed by atoms with Crippen LogP contribution in [0.5, 0.6) is 0 Å². The van der Waals surface area contributed by atoms with Crippen LogP contribution in [0.15, 0.2) is 36.9 Å². The lowest BCUT2D eigenvalue weighted by atomic mass is 9.94. The fourth-order valence-electron chi connectivity index (χ4n) is 4.28. The molecule has 5 nitrogen and oxygen atoms in total. The quantitative estimate of drug-likeness (QED) is 0.820. The van der Waals surface area contributed by atoms with Gasteiger partial charge in [-0.3, -0.25) is 4.79 Å². The van der Waals surface area contributed by atoms with Crippen molar-refractivity contribution in [1.82, 2.24) is 14.9 Å². The summed E-state index contributed by atoms with van der Waals surface area (Å²) >= 11 is 0. The molecule has 1 amide bonds. The average molecular weight is 371 g/mol. The summed E-state index contributed by atoms with van der Waals surface area (Å²) in [5.41, 5.74) is 1.20. The third-order valence-electron chi connectivity index (χ3n) is 6.07. The van der Waals surface area contributed by atoms with E-state index in [0.29, 0.717) is 24.3 Å². The van der Waals surface area contributed by atoms with Gasteiger partial charge in [-0.2, -0.15) is 0 Å². The molecule has 1 aromatic carbocycles. The van der Waals surface area contributed by atoms with Gasteiger partial charge in [-0.1, -0.05) is 12.1 Å². The molecule has 2 aromatic rings. The molecule has 0 radical (unpaired) electrons. The van der Waals surface area contributed by atoms with Crippen LogP contribution in [0.3, 0.4) is 0 Å². The summed E-state index contributed by atoms with van der Waals surface area (Å²) in [5, 5.41) is 13.5. The van der Waals surface area contributed by atoms with Crippen molar-refractivity contribution in [2.75, 3.05) is 0 Å². The summed E-state index contributed by atoms with van der Waals surface area (Å²) in [7, 11) is 0. The molecule has 1 heterocycles. The summed E-state index contributed by atoms with van der Waals surface area (Å²) in [6, 6.07) is 4.87. The highest BCUT2D eigenvalue weighted by atomic mass is 19.1. The first kappa shape index (κ1) is 18.2. The molecule has 0 aliphatic heterocycles. The van der Waals surface area contributed by atoms with E-state index in [0.717, 1.165) is 31.4 Å². The molecule has 2 N–H and O–H groups in total. The van der Waals surface area contributed by atoms with E-state index in [1.54, 1.807) is 25.5 Å². The molecular weight excluding hydrogens is 345 g/mol. The summed E-state index contributed by atoms with van der Waals surface area (Å²) in [6.07, 6.45) is 8.72. The van der Waals surface area contributed by atoms with Gasteiger partial charge in [0.15, 0.2) is 0 Å². The standard InChI is InChI=1S/C21H26FN3O2/c1-14-8-15(2-3-17(14)22)11-21(4-5-21)20(27)24-18-9-16(10-19(18)26)12-25-7-6-23-13-25/h2-3,6-8,13,16,18-19,26H,4-5,9-12H2,1H3,(H,24,27)/t16?,18-,19-/m1/s1. The van der Waals surface area contributed by atoms with Crippen LogP contribution in [0.2, 0.25) is 0 Å². The smallest absolute Gasteiger partial charge is 0.226 e. The molecule has 4 rings (SSSR count). The number of aryl methyl sites for hydroxylation is 1. The van der Waals surface area contributed by atoms with Crippen molar-refractivity contribution in [2.45, 2.75) is 57.7 Å². The van der Waals surface area contributed by atoms with E-state index in [1.165, 1.54) is 6.07 Å². The van der Waals surface area contributed by atoms with E-state index in [4.69, 9.17) is 0 Å². The second-order valence-electron chi connectivity index (χ2n) is 8.28. The number of halogens is 1. The molecule has 1 aromatic heterocycles. The minimum atomic E-state index is -0.508.